The minimum absolute atomic E-state index is 0.130. The van der Waals surface area contributed by atoms with Crippen LogP contribution in [0.15, 0.2) is 17.0 Å². The number of rotatable bonds is 3. The van der Waals surface area contributed by atoms with Gasteiger partial charge in [0, 0.05) is 10.2 Å². The SMILES string of the molecule is COC(=O)Cc1cc(C#N)cc(CBr)c1S. The van der Waals surface area contributed by atoms with Gasteiger partial charge in [-0.2, -0.15) is 5.26 Å². The molecule has 0 heterocycles. The van der Waals surface area contributed by atoms with E-state index < -0.39 is 0 Å². The van der Waals surface area contributed by atoms with Crippen molar-refractivity contribution in [2.75, 3.05) is 7.11 Å². The second kappa shape index (κ2) is 5.92. The standard InChI is InChI=1S/C11H10BrNO2S/c1-15-10(14)4-8-2-7(6-13)3-9(5-12)11(8)16/h2-3,16H,4-5H2,1H3. The lowest BCUT2D eigenvalue weighted by molar-refractivity contribution is -0.139. The van der Waals surface area contributed by atoms with Gasteiger partial charge in [0.2, 0.25) is 0 Å². The van der Waals surface area contributed by atoms with Crippen molar-refractivity contribution in [1.82, 2.24) is 0 Å². The summed E-state index contributed by atoms with van der Waals surface area (Å²) in [6, 6.07) is 5.46. The zero-order chi connectivity index (χ0) is 12.1. The highest BCUT2D eigenvalue weighted by Crippen LogP contribution is 2.24. The van der Waals surface area contributed by atoms with Crippen molar-refractivity contribution >= 4 is 34.5 Å². The Hall–Kier alpha value is -0.990. The van der Waals surface area contributed by atoms with Crippen molar-refractivity contribution in [1.29, 1.82) is 5.26 Å². The number of carbonyl (C=O) groups is 1. The van der Waals surface area contributed by atoms with Crippen LogP contribution < -0.4 is 0 Å². The molecule has 1 aromatic rings. The van der Waals surface area contributed by atoms with Crippen LogP contribution in [0.4, 0.5) is 0 Å². The van der Waals surface area contributed by atoms with Gasteiger partial charge in [-0.25, -0.2) is 0 Å². The molecule has 1 aromatic carbocycles. The molecule has 0 aliphatic heterocycles. The van der Waals surface area contributed by atoms with Gasteiger partial charge >= 0.3 is 5.97 Å². The van der Waals surface area contributed by atoms with Crippen molar-refractivity contribution in [2.45, 2.75) is 16.6 Å². The number of nitriles is 1. The Balaban J connectivity index is 3.17. The summed E-state index contributed by atoms with van der Waals surface area (Å²) in [5.74, 6) is -0.342. The molecule has 0 radical (unpaired) electrons. The molecule has 0 aliphatic rings. The van der Waals surface area contributed by atoms with E-state index in [1.165, 1.54) is 7.11 Å². The van der Waals surface area contributed by atoms with Crippen LogP contribution in [-0.2, 0) is 21.3 Å². The lowest BCUT2D eigenvalue weighted by Gasteiger charge is -2.08. The zero-order valence-corrected chi connectivity index (χ0v) is 11.1. The highest BCUT2D eigenvalue weighted by Gasteiger charge is 2.11. The number of benzene rings is 1. The number of hydrogen-bond donors (Lipinski definition) is 1. The van der Waals surface area contributed by atoms with Gasteiger partial charge in [-0.1, -0.05) is 15.9 Å². The highest BCUT2D eigenvalue weighted by molar-refractivity contribution is 9.08. The van der Waals surface area contributed by atoms with Gasteiger partial charge < -0.3 is 4.74 Å². The number of halogens is 1. The highest BCUT2D eigenvalue weighted by atomic mass is 79.9. The molecule has 84 valence electrons. The van der Waals surface area contributed by atoms with Crippen molar-refractivity contribution in [2.24, 2.45) is 0 Å². The molecule has 0 atom stereocenters. The third-order valence-corrected chi connectivity index (χ3v) is 3.28. The van der Waals surface area contributed by atoms with E-state index in [0.717, 1.165) is 10.5 Å². The number of esters is 1. The third kappa shape index (κ3) is 3.00. The van der Waals surface area contributed by atoms with Crippen LogP contribution in [-0.4, -0.2) is 13.1 Å². The molecule has 5 heteroatoms. The summed E-state index contributed by atoms with van der Waals surface area (Å²) in [6.07, 6.45) is 0.130. The number of carbonyl (C=O) groups excluding carboxylic acids is 1. The number of thiol groups is 1. The molecule has 3 nitrogen and oxygen atoms in total. The monoisotopic (exact) mass is 299 g/mol. The normalized spacial score (nSPS) is 9.62. The Bertz CT molecular complexity index is 454. The molecule has 1 rings (SSSR count). The van der Waals surface area contributed by atoms with Crippen molar-refractivity contribution < 1.29 is 9.53 Å². The van der Waals surface area contributed by atoms with Gasteiger partial charge in [0.25, 0.3) is 0 Å². The topological polar surface area (TPSA) is 50.1 Å². The van der Waals surface area contributed by atoms with Gasteiger partial charge in [-0.05, 0) is 23.3 Å². The van der Waals surface area contributed by atoms with E-state index in [1.807, 2.05) is 0 Å². The Kier molecular flexibility index (Phi) is 4.84. The maximum absolute atomic E-state index is 11.2. The minimum atomic E-state index is -0.342. The first kappa shape index (κ1) is 13.1. The molecule has 0 fully saturated rings. The lowest BCUT2D eigenvalue weighted by atomic mass is 10.0. The Morgan fingerprint density at radius 3 is 2.69 bits per heavy atom. The predicted octanol–water partition coefficient (Wildman–Crippen LogP) is 2.46. The summed E-state index contributed by atoms with van der Waals surface area (Å²) in [5.41, 5.74) is 2.12. The average Bonchev–Trinajstić information content (AvgIpc) is 2.31. The number of nitrogens with zero attached hydrogens (tertiary/aromatic N) is 1. The number of alkyl halides is 1. The number of methoxy groups -OCH3 is 1. The predicted molar refractivity (Wildman–Crippen MR) is 66.8 cm³/mol. The third-order valence-electron chi connectivity index (χ3n) is 2.10. The van der Waals surface area contributed by atoms with E-state index in [2.05, 4.69) is 39.4 Å². The summed E-state index contributed by atoms with van der Waals surface area (Å²) in [4.78, 5) is 11.9. The fourth-order valence-corrected chi connectivity index (χ4v) is 2.23. The molecule has 0 saturated carbocycles. The molecule has 0 bridgehead atoms. The maximum atomic E-state index is 11.2. The first-order valence-corrected chi connectivity index (χ1v) is 6.07. The molecule has 0 unspecified atom stereocenters. The van der Waals surface area contributed by atoms with E-state index in [-0.39, 0.29) is 12.4 Å². The van der Waals surface area contributed by atoms with Gasteiger partial charge in [-0.3, -0.25) is 4.79 Å². The van der Waals surface area contributed by atoms with Gasteiger partial charge in [0.05, 0.1) is 25.2 Å². The number of ether oxygens (including phenoxy) is 1. The van der Waals surface area contributed by atoms with Gasteiger partial charge in [0.1, 0.15) is 0 Å². The molecule has 0 saturated heterocycles. The average molecular weight is 300 g/mol. The smallest absolute Gasteiger partial charge is 0.310 e. The Morgan fingerprint density at radius 1 is 1.56 bits per heavy atom. The summed E-state index contributed by atoms with van der Waals surface area (Å²) in [7, 11) is 1.33. The minimum Gasteiger partial charge on any atom is -0.469 e. The second-order valence-corrected chi connectivity index (χ2v) is 4.15. The number of hydrogen-bond acceptors (Lipinski definition) is 4. The Labute approximate surface area is 108 Å². The van der Waals surface area contributed by atoms with E-state index in [4.69, 9.17) is 5.26 Å². The van der Waals surface area contributed by atoms with Crippen LogP contribution in [0.25, 0.3) is 0 Å². The second-order valence-electron chi connectivity index (χ2n) is 3.14. The summed E-state index contributed by atoms with van der Waals surface area (Å²) >= 11 is 7.66. The first-order chi connectivity index (χ1) is 7.62. The molecular formula is C11H10BrNO2S. The van der Waals surface area contributed by atoms with Gasteiger partial charge in [0.15, 0.2) is 0 Å². The quantitative estimate of drug-likeness (QED) is 0.530. The molecule has 16 heavy (non-hydrogen) atoms. The molecule has 0 aliphatic carbocycles. The van der Waals surface area contributed by atoms with Crippen molar-refractivity contribution in [3.8, 4) is 6.07 Å². The van der Waals surface area contributed by atoms with E-state index >= 15 is 0 Å². The fraction of sp³-hybridized carbons (Fsp3) is 0.273. The van der Waals surface area contributed by atoms with E-state index in [0.29, 0.717) is 16.5 Å². The molecular weight excluding hydrogens is 290 g/mol. The summed E-state index contributed by atoms with van der Waals surface area (Å²) < 4.78 is 4.59. The molecule has 0 spiro atoms. The molecule has 0 aromatic heterocycles. The van der Waals surface area contributed by atoms with Crippen LogP contribution in [0.1, 0.15) is 16.7 Å². The van der Waals surface area contributed by atoms with E-state index in [9.17, 15) is 4.79 Å². The fourth-order valence-electron chi connectivity index (χ4n) is 1.29. The van der Waals surface area contributed by atoms with Crippen LogP contribution >= 0.6 is 28.6 Å². The summed E-state index contributed by atoms with van der Waals surface area (Å²) in [6.45, 7) is 0. The first-order valence-electron chi connectivity index (χ1n) is 4.50. The summed E-state index contributed by atoms with van der Waals surface area (Å²) in [5, 5.41) is 9.45. The van der Waals surface area contributed by atoms with Crippen LogP contribution in [0.2, 0.25) is 0 Å². The van der Waals surface area contributed by atoms with E-state index in [1.54, 1.807) is 12.1 Å². The van der Waals surface area contributed by atoms with Crippen LogP contribution in [0, 0.1) is 11.3 Å². The largest absolute Gasteiger partial charge is 0.469 e. The van der Waals surface area contributed by atoms with Crippen LogP contribution in [0.5, 0.6) is 0 Å². The van der Waals surface area contributed by atoms with Crippen molar-refractivity contribution in [3.05, 3.63) is 28.8 Å². The zero-order valence-electron chi connectivity index (χ0n) is 8.66. The molecule has 0 amide bonds. The van der Waals surface area contributed by atoms with Crippen molar-refractivity contribution in [3.63, 3.8) is 0 Å². The van der Waals surface area contributed by atoms with Gasteiger partial charge in [-0.15, -0.1) is 12.6 Å². The van der Waals surface area contributed by atoms with Crippen LogP contribution in [0.3, 0.4) is 0 Å². The molecule has 0 N–H and O–H groups in total. The maximum Gasteiger partial charge on any atom is 0.310 e. The Morgan fingerprint density at radius 2 is 2.19 bits per heavy atom. The lowest BCUT2D eigenvalue weighted by Crippen LogP contribution is -2.06.